The van der Waals surface area contributed by atoms with Gasteiger partial charge in [0.25, 0.3) is 0 Å². The highest BCUT2D eigenvalue weighted by Crippen LogP contribution is 2.02. The van der Waals surface area contributed by atoms with Gasteiger partial charge in [0.05, 0.1) is 37.9 Å². The second-order valence-corrected chi connectivity index (χ2v) is 5.05. The minimum Gasteiger partial charge on any atom is -0.394 e. The summed E-state index contributed by atoms with van der Waals surface area (Å²) in [5.41, 5.74) is -2.68. The van der Waals surface area contributed by atoms with Crippen LogP contribution in [0.1, 0.15) is 38.9 Å². The summed E-state index contributed by atoms with van der Waals surface area (Å²) in [6.07, 6.45) is 0. The lowest BCUT2D eigenvalue weighted by atomic mass is 10.3. The average molecular weight is 303 g/mol. The molecule has 3 unspecified atom stereocenters. The monoisotopic (exact) mass is 303 g/mol. The summed E-state index contributed by atoms with van der Waals surface area (Å²) < 4.78 is 2.25. The van der Waals surface area contributed by atoms with Crippen LogP contribution >= 0.6 is 0 Å². The van der Waals surface area contributed by atoms with Crippen molar-refractivity contribution in [2.45, 2.75) is 38.9 Å². The first kappa shape index (κ1) is 17.3. The third kappa shape index (κ3) is 2.99. The minimum atomic E-state index is -0.894. The van der Waals surface area contributed by atoms with E-state index >= 15 is 0 Å². The molecule has 0 aromatic carbocycles. The largest absolute Gasteiger partial charge is 0.394 e. The van der Waals surface area contributed by atoms with Gasteiger partial charge in [0.2, 0.25) is 0 Å². The van der Waals surface area contributed by atoms with Crippen molar-refractivity contribution in [2.24, 2.45) is 0 Å². The molecule has 21 heavy (non-hydrogen) atoms. The maximum Gasteiger partial charge on any atom is 0.336 e. The Morgan fingerprint density at radius 2 is 0.857 bits per heavy atom. The molecule has 0 spiro atoms. The maximum absolute atomic E-state index is 12.3. The van der Waals surface area contributed by atoms with E-state index in [4.69, 9.17) is 0 Å². The molecule has 0 saturated carbocycles. The summed E-state index contributed by atoms with van der Waals surface area (Å²) in [7, 11) is 0. The molecule has 0 fully saturated rings. The first-order valence-electron chi connectivity index (χ1n) is 6.63. The maximum atomic E-state index is 12.3. The zero-order valence-corrected chi connectivity index (χ0v) is 12.3. The molecule has 1 rings (SSSR count). The fourth-order valence-corrected chi connectivity index (χ4v) is 1.97. The third-order valence-corrected chi connectivity index (χ3v) is 3.35. The van der Waals surface area contributed by atoms with Gasteiger partial charge < -0.3 is 15.3 Å². The quantitative estimate of drug-likeness (QED) is 0.549. The predicted molar refractivity (Wildman–Crippen MR) is 74.6 cm³/mol. The van der Waals surface area contributed by atoms with Crippen LogP contribution in [0.25, 0.3) is 0 Å². The zero-order chi connectivity index (χ0) is 16.3. The fraction of sp³-hybridized carbons (Fsp3) is 0.750. The molecule has 9 heteroatoms. The van der Waals surface area contributed by atoms with Gasteiger partial charge in [-0.15, -0.1) is 0 Å². The molecule has 0 aliphatic heterocycles. The van der Waals surface area contributed by atoms with Crippen LogP contribution < -0.4 is 17.1 Å². The van der Waals surface area contributed by atoms with Crippen LogP contribution in [0.5, 0.6) is 0 Å². The van der Waals surface area contributed by atoms with Crippen molar-refractivity contribution in [3.63, 3.8) is 0 Å². The van der Waals surface area contributed by atoms with Crippen LogP contribution in [0, 0.1) is 0 Å². The van der Waals surface area contributed by atoms with Crippen LogP contribution in [0.4, 0.5) is 0 Å². The van der Waals surface area contributed by atoms with E-state index in [0.717, 1.165) is 13.7 Å². The predicted octanol–water partition coefficient (Wildman–Crippen LogP) is -2.17. The van der Waals surface area contributed by atoms with E-state index in [0.29, 0.717) is 0 Å². The first-order valence-corrected chi connectivity index (χ1v) is 6.63. The average Bonchev–Trinajstić information content (AvgIpc) is 2.46. The van der Waals surface area contributed by atoms with Gasteiger partial charge in [0, 0.05) is 0 Å². The second-order valence-electron chi connectivity index (χ2n) is 5.05. The van der Waals surface area contributed by atoms with Crippen molar-refractivity contribution in [1.82, 2.24) is 13.7 Å². The molecule has 0 aliphatic carbocycles. The van der Waals surface area contributed by atoms with E-state index in [1.807, 2.05) is 0 Å². The van der Waals surface area contributed by atoms with Crippen molar-refractivity contribution in [3.05, 3.63) is 31.5 Å². The molecule has 9 nitrogen and oxygen atoms in total. The molecular weight excluding hydrogens is 282 g/mol. The Balaban J connectivity index is 3.89. The Bertz CT molecular complexity index is 538. The van der Waals surface area contributed by atoms with Gasteiger partial charge >= 0.3 is 17.1 Å². The molecular formula is C12H21N3O6. The van der Waals surface area contributed by atoms with Crippen molar-refractivity contribution in [1.29, 1.82) is 0 Å². The normalized spacial score (nSPS) is 15.7. The van der Waals surface area contributed by atoms with Crippen LogP contribution in [-0.4, -0.2) is 48.8 Å². The highest BCUT2D eigenvalue weighted by Gasteiger charge is 2.23. The molecule has 0 amide bonds. The van der Waals surface area contributed by atoms with Crippen LogP contribution in [0.3, 0.4) is 0 Å². The fourth-order valence-electron chi connectivity index (χ4n) is 1.97. The van der Waals surface area contributed by atoms with E-state index in [9.17, 15) is 29.7 Å². The second kappa shape index (κ2) is 6.83. The Labute approximate surface area is 120 Å². The Morgan fingerprint density at radius 1 is 0.667 bits per heavy atom. The van der Waals surface area contributed by atoms with Gasteiger partial charge in [-0.25, -0.2) is 28.1 Å². The number of rotatable bonds is 6. The molecule has 3 N–H and O–H groups in total. The van der Waals surface area contributed by atoms with Crippen LogP contribution in [-0.2, 0) is 0 Å². The number of aliphatic hydroxyl groups is 3. The Morgan fingerprint density at radius 3 is 1.00 bits per heavy atom. The number of hydrogen-bond acceptors (Lipinski definition) is 6. The summed E-state index contributed by atoms with van der Waals surface area (Å²) in [5.74, 6) is 0. The standard InChI is InChI=1S/C12H21N3O6/c1-7(4-16)13-10(19)14(8(2)5-17)12(21)15(11(13)20)9(3)6-18/h7-9,16-18H,4-6H2,1-3H3. The summed E-state index contributed by atoms with van der Waals surface area (Å²) in [6, 6.07) is -2.50. The molecule has 0 radical (unpaired) electrons. The SMILES string of the molecule is CC(CO)n1c(=O)n(C(C)CO)c(=O)n(C(C)CO)c1=O. The molecule has 120 valence electrons. The van der Waals surface area contributed by atoms with E-state index in [1.54, 1.807) is 0 Å². The molecule has 3 atom stereocenters. The third-order valence-electron chi connectivity index (χ3n) is 3.35. The lowest BCUT2D eigenvalue weighted by Gasteiger charge is -2.21. The molecule has 1 heterocycles. The van der Waals surface area contributed by atoms with E-state index in [-0.39, 0.29) is 0 Å². The number of aliphatic hydroxyl groups excluding tert-OH is 3. The highest BCUT2D eigenvalue weighted by molar-refractivity contribution is 4.86. The van der Waals surface area contributed by atoms with Gasteiger partial charge in [-0.1, -0.05) is 0 Å². The summed E-state index contributed by atoms with van der Waals surface area (Å²) in [4.78, 5) is 36.9. The van der Waals surface area contributed by atoms with Crippen molar-refractivity contribution in [2.75, 3.05) is 19.8 Å². The number of nitrogens with zero attached hydrogens (tertiary/aromatic N) is 3. The Hall–Kier alpha value is -1.71. The Kier molecular flexibility index (Phi) is 5.64. The number of aromatic nitrogens is 3. The van der Waals surface area contributed by atoms with E-state index < -0.39 is 55.0 Å². The zero-order valence-electron chi connectivity index (χ0n) is 12.3. The highest BCUT2D eigenvalue weighted by atomic mass is 16.3. The van der Waals surface area contributed by atoms with E-state index in [1.165, 1.54) is 20.8 Å². The summed E-state index contributed by atoms with van der Waals surface area (Å²) >= 11 is 0. The van der Waals surface area contributed by atoms with Crippen molar-refractivity contribution in [3.8, 4) is 0 Å². The van der Waals surface area contributed by atoms with Gasteiger partial charge in [0.15, 0.2) is 0 Å². The van der Waals surface area contributed by atoms with Gasteiger partial charge in [-0.2, -0.15) is 0 Å². The minimum absolute atomic E-state index is 0.464. The molecule has 0 aliphatic rings. The lowest BCUT2D eigenvalue weighted by molar-refractivity contribution is 0.190. The molecule has 0 saturated heterocycles. The topological polar surface area (TPSA) is 127 Å². The lowest BCUT2D eigenvalue weighted by Crippen LogP contribution is -2.57. The van der Waals surface area contributed by atoms with E-state index in [2.05, 4.69) is 0 Å². The van der Waals surface area contributed by atoms with Crippen LogP contribution in [0.2, 0.25) is 0 Å². The summed E-state index contributed by atoms with van der Waals surface area (Å²) in [5, 5.41) is 27.6. The number of hydrogen-bond donors (Lipinski definition) is 3. The van der Waals surface area contributed by atoms with Crippen molar-refractivity contribution >= 4 is 0 Å². The molecule has 1 aromatic rings. The molecule has 0 bridgehead atoms. The van der Waals surface area contributed by atoms with Crippen molar-refractivity contribution < 1.29 is 15.3 Å². The van der Waals surface area contributed by atoms with Gasteiger partial charge in [0.1, 0.15) is 0 Å². The first-order chi connectivity index (χ1) is 9.81. The van der Waals surface area contributed by atoms with Gasteiger partial charge in [-0.3, -0.25) is 0 Å². The smallest absolute Gasteiger partial charge is 0.336 e. The summed E-state index contributed by atoms with van der Waals surface area (Å²) in [6.45, 7) is 2.97. The van der Waals surface area contributed by atoms with Gasteiger partial charge in [-0.05, 0) is 20.8 Å². The molecule has 1 aromatic heterocycles. The van der Waals surface area contributed by atoms with Crippen LogP contribution in [0.15, 0.2) is 14.4 Å².